The maximum Gasteiger partial charge on any atom is 0.257 e. The second-order valence-corrected chi connectivity index (χ2v) is 7.71. The van der Waals surface area contributed by atoms with Crippen molar-refractivity contribution in [2.45, 2.75) is 12.5 Å². The van der Waals surface area contributed by atoms with Crippen molar-refractivity contribution in [1.82, 2.24) is 9.91 Å². The number of methoxy groups -OCH3 is 3. The summed E-state index contributed by atoms with van der Waals surface area (Å²) in [6.07, 6.45) is 0.561. The first kappa shape index (κ1) is 22.1. The molecule has 2 aromatic rings. The quantitative estimate of drug-likeness (QED) is 0.661. The fraction of sp³-hybridized carbons (Fsp3) is 0.417. The Labute approximate surface area is 188 Å². The number of hydrogen-bond acceptors (Lipinski definition) is 7. The molecule has 0 aromatic heterocycles. The van der Waals surface area contributed by atoms with Gasteiger partial charge in [0, 0.05) is 30.6 Å². The summed E-state index contributed by atoms with van der Waals surface area (Å²) in [5.41, 5.74) is 2.62. The number of morpholine rings is 1. The van der Waals surface area contributed by atoms with Gasteiger partial charge < -0.3 is 18.9 Å². The molecule has 0 N–H and O–H groups in total. The molecule has 2 heterocycles. The standard InChI is InChI=1S/C24H29N3O5/c1-29-18-7-4-6-17(14-18)20-15-21(19-8-5-9-22(30-2)24(19)31-3)27(25-20)23(28)16-26-10-12-32-13-11-26/h4-9,14,21H,10-13,15-16H2,1-3H3/t21-/m0/s1. The van der Waals surface area contributed by atoms with Crippen LogP contribution in [-0.2, 0) is 9.53 Å². The topological polar surface area (TPSA) is 72.8 Å². The lowest BCUT2D eigenvalue weighted by atomic mass is 9.97. The van der Waals surface area contributed by atoms with Crippen LogP contribution in [0.25, 0.3) is 0 Å². The van der Waals surface area contributed by atoms with Gasteiger partial charge in [-0.15, -0.1) is 0 Å². The van der Waals surface area contributed by atoms with Crippen molar-refractivity contribution in [2.24, 2.45) is 5.10 Å². The normalized spacial score (nSPS) is 18.9. The Morgan fingerprint density at radius 2 is 1.84 bits per heavy atom. The highest BCUT2D eigenvalue weighted by atomic mass is 16.5. The van der Waals surface area contributed by atoms with Crippen molar-refractivity contribution in [3.8, 4) is 17.2 Å². The number of ether oxygens (including phenoxy) is 4. The molecular formula is C24H29N3O5. The highest BCUT2D eigenvalue weighted by Gasteiger charge is 2.36. The Balaban J connectivity index is 1.68. The summed E-state index contributed by atoms with van der Waals surface area (Å²) in [7, 11) is 4.85. The lowest BCUT2D eigenvalue weighted by molar-refractivity contribution is -0.135. The minimum Gasteiger partial charge on any atom is -0.497 e. The van der Waals surface area contributed by atoms with Crippen LogP contribution in [-0.4, -0.2) is 75.7 Å². The monoisotopic (exact) mass is 439 g/mol. The highest BCUT2D eigenvalue weighted by Crippen LogP contribution is 2.41. The summed E-state index contributed by atoms with van der Waals surface area (Å²) in [4.78, 5) is 15.5. The summed E-state index contributed by atoms with van der Waals surface area (Å²) >= 11 is 0. The number of nitrogens with zero attached hydrogens (tertiary/aromatic N) is 3. The number of carbonyl (C=O) groups excluding carboxylic acids is 1. The molecule has 2 aliphatic rings. The van der Waals surface area contributed by atoms with Gasteiger partial charge in [0.15, 0.2) is 11.5 Å². The first-order chi connectivity index (χ1) is 15.6. The molecule has 8 nitrogen and oxygen atoms in total. The van der Waals surface area contributed by atoms with E-state index in [-0.39, 0.29) is 11.9 Å². The third-order valence-electron chi connectivity index (χ3n) is 5.82. The number of amides is 1. The molecule has 1 atom stereocenters. The summed E-state index contributed by atoms with van der Waals surface area (Å²) in [5.74, 6) is 1.94. The van der Waals surface area contributed by atoms with Crippen molar-refractivity contribution in [3.05, 3.63) is 53.6 Å². The van der Waals surface area contributed by atoms with Gasteiger partial charge in [0.2, 0.25) is 0 Å². The van der Waals surface area contributed by atoms with Crippen molar-refractivity contribution in [3.63, 3.8) is 0 Å². The molecule has 0 unspecified atom stereocenters. The number of rotatable bonds is 7. The van der Waals surface area contributed by atoms with Crippen LogP contribution in [0.4, 0.5) is 0 Å². The van der Waals surface area contributed by atoms with Crippen molar-refractivity contribution < 1.29 is 23.7 Å². The van der Waals surface area contributed by atoms with Gasteiger partial charge in [-0.3, -0.25) is 9.69 Å². The van der Waals surface area contributed by atoms with E-state index in [2.05, 4.69) is 4.90 Å². The van der Waals surface area contributed by atoms with Gasteiger partial charge in [0.05, 0.1) is 52.8 Å². The number of hydrazone groups is 1. The minimum absolute atomic E-state index is 0.0559. The third-order valence-corrected chi connectivity index (χ3v) is 5.82. The van der Waals surface area contributed by atoms with Crippen LogP contribution in [0.5, 0.6) is 17.2 Å². The van der Waals surface area contributed by atoms with Crippen molar-refractivity contribution >= 4 is 11.6 Å². The predicted octanol–water partition coefficient (Wildman–Crippen LogP) is 2.72. The van der Waals surface area contributed by atoms with Crippen LogP contribution in [0.3, 0.4) is 0 Å². The summed E-state index contributed by atoms with van der Waals surface area (Å²) in [6.45, 7) is 3.04. The second-order valence-electron chi connectivity index (χ2n) is 7.71. The molecule has 1 saturated heterocycles. The summed E-state index contributed by atoms with van der Waals surface area (Å²) in [6, 6.07) is 13.2. The highest BCUT2D eigenvalue weighted by molar-refractivity contribution is 6.03. The first-order valence-corrected chi connectivity index (χ1v) is 10.7. The van der Waals surface area contributed by atoms with Crippen LogP contribution in [0, 0.1) is 0 Å². The van der Waals surface area contributed by atoms with Gasteiger partial charge in [-0.25, -0.2) is 5.01 Å². The maximum atomic E-state index is 13.4. The Morgan fingerprint density at radius 1 is 1.06 bits per heavy atom. The lowest BCUT2D eigenvalue weighted by Crippen LogP contribution is -2.43. The van der Waals surface area contributed by atoms with E-state index >= 15 is 0 Å². The summed E-state index contributed by atoms with van der Waals surface area (Å²) < 4.78 is 22.0. The fourth-order valence-corrected chi connectivity index (χ4v) is 4.16. The molecule has 0 spiro atoms. The molecule has 32 heavy (non-hydrogen) atoms. The van der Waals surface area contributed by atoms with Gasteiger partial charge in [-0.1, -0.05) is 24.3 Å². The van der Waals surface area contributed by atoms with Gasteiger partial charge in [-0.2, -0.15) is 5.10 Å². The number of para-hydroxylation sites is 1. The lowest BCUT2D eigenvalue weighted by Gasteiger charge is -2.29. The maximum absolute atomic E-state index is 13.4. The molecule has 2 aromatic carbocycles. The van der Waals surface area contributed by atoms with Gasteiger partial charge in [0.1, 0.15) is 5.75 Å². The Morgan fingerprint density at radius 3 is 2.56 bits per heavy atom. The van der Waals surface area contributed by atoms with Crippen LogP contribution in [0.1, 0.15) is 23.6 Å². The zero-order chi connectivity index (χ0) is 22.5. The number of carbonyl (C=O) groups is 1. The summed E-state index contributed by atoms with van der Waals surface area (Å²) in [5, 5.41) is 6.38. The Hall–Kier alpha value is -3.10. The number of hydrogen-bond donors (Lipinski definition) is 0. The molecule has 0 radical (unpaired) electrons. The first-order valence-electron chi connectivity index (χ1n) is 10.7. The predicted molar refractivity (Wildman–Crippen MR) is 121 cm³/mol. The fourth-order valence-electron chi connectivity index (χ4n) is 4.16. The molecule has 0 aliphatic carbocycles. The van der Waals surface area contributed by atoms with Crippen LogP contribution >= 0.6 is 0 Å². The molecule has 1 fully saturated rings. The smallest absolute Gasteiger partial charge is 0.257 e. The van der Waals surface area contributed by atoms with E-state index in [0.29, 0.717) is 37.7 Å². The molecule has 4 rings (SSSR count). The molecular weight excluding hydrogens is 410 g/mol. The molecule has 0 bridgehead atoms. The molecule has 0 saturated carbocycles. The SMILES string of the molecule is COc1cccc(C2=NN(C(=O)CN3CCOCC3)[C@H](c3cccc(OC)c3OC)C2)c1. The van der Waals surface area contributed by atoms with Crippen molar-refractivity contribution in [1.29, 1.82) is 0 Å². The average molecular weight is 440 g/mol. The van der Waals surface area contributed by atoms with Crippen molar-refractivity contribution in [2.75, 3.05) is 54.2 Å². The van der Waals surface area contributed by atoms with E-state index < -0.39 is 0 Å². The van der Waals surface area contributed by atoms with Crippen LogP contribution in [0.15, 0.2) is 47.6 Å². The van der Waals surface area contributed by atoms with E-state index in [0.717, 1.165) is 35.7 Å². The Bertz CT molecular complexity index is 987. The largest absolute Gasteiger partial charge is 0.497 e. The number of benzene rings is 2. The zero-order valence-corrected chi connectivity index (χ0v) is 18.7. The van der Waals surface area contributed by atoms with Gasteiger partial charge in [-0.05, 0) is 18.2 Å². The average Bonchev–Trinajstić information content (AvgIpc) is 3.29. The van der Waals surface area contributed by atoms with Crippen LogP contribution < -0.4 is 14.2 Å². The minimum atomic E-state index is -0.296. The second kappa shape index (κ2) is 10.0. The van der Waals surface area contributed by atoms with E-state index in [1.54, 1.807) is 26.3 Å². The van der Waals surface area contributed by atoms with Gasteiger partial charge >= 0.3 is 0 Å². The van der Waals surface area contributed by atoms with E-state index in [1.807, 2.05) is 42.5 Å². The zero-order valence-electron chi connectivity index (χ0n) is 18.7. The molecule has 170 valence electrons. The van der Waals surface area contributed by atoms with E-state index in [9.17, 15) is 4.79 Å². The van der Waals surface area contributed by atoms with Gasteiger partial charge in [0.25, 0.3) is 5.91 Å². The van der Waals surface area contributed by atoms with E-state index in [4.69, 9.17) is 24.0 Å². The molecule has 2 aliphatic heterocycles. The van der Waals surface area contributed by atoms with Crippen LogP contribution in [0.2, 0.25) is 0 Å². The third kappa shape index (κ3) is 4.56. The Kier molecular flexibility index (Phi) is 6.92. The molecule has 8 heteroatoms. The van der Waals surface area contributed by atoms with E-state index in [1.165, 1.54) is 0 Å². The molecule has 1 amide bonds.